The highest BCUT2D eigenvalue weighted by Gasteiger charge is 2.23. The first-order valence-electron chi connectivity index (χ1n) is 6.22. The molecule has 20 heavy (non-hydrogen) atoms. The lowest BCUT2D eigenvalue weighted by molar-refractivity contribution is -0.565. The summed E-state index contributed by atoms with van der Waals surface area (Å²) < 4.78 is 6.52. The van der Waals surface area contributed by atoms with E-state index >= 15 is 0 Å². The molecule has 1 aliphatic heterocycles. The minimum absolute atomic E-state index is 0.146. The van der Waals surface area contributed by atoms with Gasteiger partial charge in [0.25, 0.3) is 11.2 Å². The lowest BCUT2D eigenvalue weighted by atomic mass is 10.0. The Balaban J connectivity index is 2.36. The van der Waals surface area contributed by atoms with Gasteiger partial charge in [-0.25, -0.2) is 0 Å². The summed E-state index contributed by atoms with van der Waals surface area (Å²) in [5.41, 5.74) is 1.15. The quantitative estimate of drug-likeness (QED) is 0.212. The number of benzene rings is 3. The summed E-state index contributed by atoms with van der Waals surface area (Å²) in [4.78, 5) is 12.1. The molecule has 0 saturated carbocycles. The summed E-state index contributed by atoms with van der Waals surface area (Å²) in [7, 11) is 0. The van der Waals surface area contributed by atoms with Gasteiger partial charge in [-0.15, -0.1) is 0 Å². The Hall–Kier alpha value is -2.88. The van der Waals surface area contributed by atoms with Gasteiger partial charge in [-0.1, -0.05) is 30.3 Å². The minimum atomic E-state index is -0.146. The van der Waals surface area contributed by atoms with Gasteiger partial charge in [0.1, 0.15) is 0 Å². The minimum Gasteiger partial charge on any atom is -0.618 e. The van der Waals surface area contributed by atoms with Crippen molar-refractivity contribution in [2.75, 3.05) is 0 Å². The first kappa shape index (κ1) is 11.0. The van der Waals surface area contributed by atoms with Gasteiger partial charge in [-0.05, 0) is 12.1 Å². The van der Waals surface area contributed by atoms with E-state index in [2.05, 4.69) is 0 Å². The number of hydrogen-bond donors (Lipinski definition) is 0. The maximum atomic E-state index is 12.6. The van der Waals surface area contributed by atoms with E-state index in [1.54, 1.807) is 48.5 Å². The molecule has 0 aromatic heterocycles. The number of fused-ring (bicyclic) bond motifs is 4. The fraction of sp³-hybridized carbons (Fsp3) is 0. The van der Waals surface area contributed by atoms with Crippen LogP contribution in [0.5, 0.6) is 0 Å². The van der Waals surface area contributed by atoms with Gasteiger partial charge in [0, 0.05) is 17.5 Å². The molecule has 0 fully saturated rings. The van der Waals surface area contributed by atoms with Gasteiger partial charge in [-0.3, -0.25) is 4.79 Å². The average molecular weight is 263 g/mol. The Kier molecular flexibility index (Phi) is 2.09. The van der Waals surface area contributed by atoms with E-state index in [0.29, 0.717) is 33.3 Å². The topological polar surface area (TPSA) is 57.2 Å². The summed E-state index contributed by atoms with van der Waals surface area (Å²) in [6.07, 6.45) is 0. The second-order valence-corrected chi connectivity index (χ2v) is 4.63. The van der Waals surface area contributed by atoms with Crippen molar-refractivity contribution < 1.29 is 9.15 Å². The normalized spacial score (nSPS) is 11.4. The molecule has 1 heterocycles. The van der Waals surface area contributed by atoms with E-state index in [1.807, 2.05) is 0 Å². The molecule has 0 atom stereocenters. The number of nitrogens with zero attached hydrogens (tertiary/aromatic N) is 1. The second kappa shape index (κ2) is 3.81. The smallest absolute Gasteiger partial charge is 0.268 e. The monoisotopic (exact) mass is 263 g/mol. The molecule has 1 aliphatic carbocycles. The Morgan fingerprint density at radius 2 is 1.65 bits per heavy atom. The zero-order valence-electron chi connectivity index (χ0n) is 10.4. The lowest BCUT2D eigenvalue weighted by Gasteiger charge is -2.10. The molecule has 96 valence electrons. The van der Waals surface area contributed by atoms with Gasteiger partial charge in [0.15, 0.2) is 11.0 Å². The highest BCUT2D eigenvalue weighted by molar-refractivity contribution is 5.94. The van der Waals surface area contributed by atoms with E-state index < -0.39 is 0 Å². The molecule has 2 aromatic rings. The van der Waals surface area contributed by atoms with Crippen LogP contribution in [0.15, 0.2) is 63.8 Å². The summed E-state index contributed by atoms with van der Waals surface area (Å²) in [6.45, 7) is 0. The second-order valence-electron chi connectivity index (χ2n) is 4.63. The van der Waals surface area contributed by atoms with Crippen LogP contribution in [0.25, 0.3) is 33.3 Å². The van der Waals surface area contributed by atoms with Crippen LogP contribution in [-0.2, 0) is 0 Å². The molecule has 4 nitrogen and oxygen atoms in total. The molecule has 0 bridgehead atoms. The predicted molar refractivity (Wildman–Crippen MR) is 75.6 cm³/mol. The summed E-state index contributed by atoms with van der Waals surface area (Å²) in [5, 5.41) is 13.7. The van der Waals surface area contributed by atoms with Crippen molar-refractivity contribution in [3.63, 3.8) is 0 Å². The largest absolute Gasteiger partial charge is 0.618 e. The van der Waals surface area contributed by atoms with Crippen molar-refractivity contribution in [2.45, 2.75) is 0 Å². The van der Waals surface area contributed by atoms with Crippen molar-refractivity contribution in [1.82, 2.24) is 0 Å². The zero-order valence-corrected chi connectivity index (χ0v) is 10.4. The van der Waals surface area contributed by atoms with E-state index in [1.165, 1.54) is 6.07 Å². The van der Waals surface area contributed by atoms with Crippen LogP contribution >= 0.6 is 0 Å². The SMILES string of the molecule is O=c1cc2oc3ccccc3[n+]([O-])c-2c2ccccc12. The molecule has 4 heteroatoms. The third-order valence-electron chi connectivity index (χ3n) is 3.45. The zero-order chi connectivity index (χ0) is 13.7. The van der Waals surface area contributed by atoms with Crippen molar-refractivity contribution in [3.8, 4) is 11.5 Å². The summed E-state index contributed by atoms with van der Waals surface area (Å²) in [5.74, 6) is 0.308. The predicted octanol–water partition coefficient (Wildman–Crippen LogP) is 2.68. The Morgan fingerprint density at radius 1 is 0.950 bits per heavy atom. The van der Waals surface area contributed by atoms with E-state index in [-0.39, 0.29) is 5.43 Å². The summed E-state index contributed by atoms with van der Waals surface area (Å²) >= 11 is 0. The van der Waals surface area contributed by atoms with E-state index in [9.17, 15) is 10.0 Å². The van der Waals surface area contributed by atoms with Gasteiger partial charge in [0.2, 0.25) is 5.76 Å². The van der Waals surface area contributed by atoms with Crippen LogP contribution in [-0.4, -0.2) is 0 Å². The molecule has 0 spiro atoms. The number of hydrogen-bond acceptors (Lipinski definition) is 3. The molecule has 0 radical (unpaired) electrons. The fourth-order valence-corrected chi connectivity index (χ4v) is 2.54. The molecular formula is C16H9NO3. The molecular weight excluding hydrogens is 254 g/mol. The van der Waals surface area contributed by atoms with Crippen LogP contribution in [0.2, 0.25) is 0 Å². The van der Waals surface area contributed by atoms with Crippen LogP contribution in [0.3, 0.4) is 0 Å². The Bertz CT molecular complexity index is 988. The summed E-state index contributed by atoms with van der Waals surface area (Å²) in [6, 6.07) is 15.4. The molecule has 0 unspecified atom stereocenters. The maximum absolute atomic E-state index is 12.6. The number of rotatable bonds is 0. The van der Waals surface area contributed by atoms with Gasteiger partial charge >= 0.3 is 0 Å². The lowest BCUT2D eigenvalue weighted by Crippen LogP contribution is -2.31. The molecule has 0 saturated heterocycles. The van der Waals surface area contributed by atoms with Crippen molar-refractivity contribution >= 4 is 21.9 Å². The van der Waals surface area contributed by atoms with Crippen molar-refractivity contribution in [3.05, 3.63) is 70.0 Å². The number of aromatic nitrogens is 1. The Labute approximate surface area is 113 Å². The molecule has 2 aromatic carbocycles. The first-order valence-corrected chi connectivity index (χ1v) is 6.22. The van der Waals surface area contributed by atoms with Crippen LogP contribution in [0.1, 0.15) is 0 Å². The molecule has 0 amide bonds. The first-order chi connectivity index (χ1) is 9.75. The van der Waals surface area contributed by atoms with E-state index in [4.69, 9.17) is 4.42 Å². The van der Waals surface area contributed by atoms with Crippen LogP contribution in [0, 0.1) is 5.21 Å². The third kappa shape index (κ3) is 1.36. The van der Waals surface area contributed by atoms with Crippen LogP contribution < -0.4 is 10.2 Å². The Morgan fingerprint density at radius 3 is 2.50 bits per heavy atom. The van der Waals surface area contributed by atoms with Crippen molar-refractivity contribution in [1.29, 1.82) is 0 Å². The highest BCUT2D eigenvalue weighted by Crippen LogP contribution is 2.28. The molecule has 0 N–H and O–H groups in total. The van der Waals surface area contributed by atoms with Gasteiger partial charge < -0.3 is 9.62 Å². The third-order valence-corrected chi connectivity index (χ3v) is 3.45. The van der Waals surface area contributed by atoms with Gasteiger partial charge in [0.05, 0.1) is 5.39 Å². The highest BCUT2D eigenvalue weighted by atomic mass is 16.5. The van der Waals surface area contributed by atoms with Crippen LogP contribution in [0.4, 0.5) is 0 Å². The molecule has 4 rings (SSSR count). The number of para-hydroxylation sites is 2. The molecule has 2 aliphatic rings. The van der Waals surface area contributed by atoms with E-state index in [0.717, 1.165) is 4.73 Å². The average Bonchev–Trinajstić information content (AvgIpc) is 2.47. The fourth-order valence-electron chi connectivity index (χ4n) is 2.54. The standard InChI is InChI=1S/C16H9NO3/c18-13-9-15-16(11-6-2-1-5-10(11)13)17(19)12-7-3-4-8-14(12)20-15/h1-9H. The maximum Gasteiger partial charge on any atom is 0.268 e. The van der Waals surface area contributed by atoms with Crippen molar-refractivity contribution in [2.24, 2.45) is 0 Å². The van der Waals surface area contributed by atoms with Gasteiger partial charge in [-0.2, -0.15) is 4.73 Å².